The molecule has 1 N–H and O–H groups in total. The Hall–Kier alpha value is -2.54. The van der Waals surface area contributed by atoms with Crippen LogP contribution in [0.5, 0.6) is 11.6 Å². The molecule has 3 aromatic rings. The fraction of sp³-hybridized carbons (Fsp3) is 0.188. The highest BCUT2D eigenvalue weighted by Gasteiger charge is 2.03. The summed E-state index contributed by atoms with van der Waals surface area (Å²) < 4.78 is 18.4. The van der Waals surface area contributed by atoms with E-state index in [1.54, 1.807) is 35.7 Å². The van der Waals surface area contributed by atoms with Crippen LogP contribution in [0.3, 0.4) is 0 Å². The number of hydrogen-bond donors (Lipinski definition) is 1. The molecule has 0 unspecified atom stereocenters. The smallest absolute Gasteiger partial charge is 0.225 e. The van der Waals surface area contributed by atoms with Gasteiger partial charge in [0.1, 0.15) is 11.6 Å². The number of hydrogen-bond acceptors (Lipinski definition) is 6. The molecule has 0 fully saturated rings. The van der Waals surface area contributed by atoms with Crippen LogP contribution in [0.1, 0.15) is 10.7 Å². The van der Waals surface area contributed by atoms with Gasteiger partial charge in [-0.15, -0.1) is 11.3 Å². The molecule has 118 valence electrons. The molecule has 2 aromatic heterocycles. The molecule has 0 bridgehead atoms. The van der Waals surface area contributed by atoms with Crippen LogP contribution in [0.2, 0.25) is 0 Å². The van der Waals surface area contributed by atoms with Gasteiger partial charge in [-0.05, 0) is 31.2 Å². The summed E-state index contributed by atoms with van der Waals surface area (Å²) in [4.78, 5) is 12.8. The highest BCUT2D eigenvalue weighted by atomic mass is 32.1. The third kappa shape index (κ3) is 4.46. The Morgan fingerprint density at radius 3 is 2.74 bits per heavy atom. The first-order valence-electron chi connectivity index (χ1n) is 7.10. The lowest BCUT2D eigenvalue weighted by Crippen LogP contribution is -2.08. The first-order valence-corrected chi connectivity index (χ1v) is 7.98. The number of halogens is 1. The van der Waals surface area contributed by atoms with Crippen molar-refractivity contribution in [2.75, 3.05) is 11.9 Å². The Balaban J connectivity index is 1.57. The number of nitrogens with one attached hydrogen (secondary N) is 1. The number of rotatable bonds is 6. The van der Waals surface area contributed by atoms with Gasteiger partial charge in [-0.2, -0.15) is 4.98 Å². The lowest BCUT2D eigenvalue weighted by atomic mass is 10.3. The number of thiazole rings is 1. The number of anilines is 1. The van der Waals surface area contributed by atoms with Crippen LogP contribution in [-0.4, -0.2) is 21.5 Å². The zero-order chi connectivity index (χ0) is 16.1. The predicted molar refractivity (Wildman–Crippen MR) is 87.6 cm³/mol. The topological polar surface area (TPSA) is 59.9 Å². The van der Waals surface area contributed by atoms with Gasteiger partial charge in [-0.25, -0.2) is 14.4 Å². The summed E-state index contributed by atoms with van der Waals surface area (Å²) in [6.45, 7) is 2.67. The Kier molecular flexibility index (Phi) is 4.77. The van der Waals surface area contributed by atoms with Crippen molar-refractivity contribution in [2.45, 2.75) is 13.3 Å². The van der Waals surface area contributed by atoms with Gasteiger partial charge in [0.15, 0.2) is 0 Å². The third-order valence-corrected chi connectivity index (χ3v) is 3.82. The molecule has 0 amide bonds. The number of aryl methyl sites for hydroxylation is 1. The summed E-state index contributed by atoms with van der Waals surface area (Å²) in [5.41, 5.74) is 1.05. The van der Waals surface area contributed by atoms with E-state index in [4.69, 9.17) is 4.74 Å². The van der Waals surface area contributed by atoms with E-state index >= 15 is 0 Å². The van der Waals surface area contributed by atoms with Gasteiger partial charge in [-0.1, -0.05) is 0 Å². The normalized spacial score (nSPS) is 10.5. The molecule has 0 saturated carbocycles. The molecule has 0 spiro atoms. The zero-order valence-electron chi connectivity index (χ0n) is 12.5. The largest absolute Gasteiger partial charge is 0.439 e. The van der Waals surface area contributed by atoms with E-state index in [0.29, 0.717) is 24.1 Å². The van der Waals surface area contributed by atoms with Gasteiger partial charge in [-0.3, -0.25) is 0 Å². The molecule has 7 heteroatoms. The van der Waals surface area contributed by atoms with Crippen LogP contribution in [0.25, 0.3) is 0 Å². The number of benzene rings is 1. The summed E-state index contributed by atoms with van der Waals surface area (Å²) in [6.07, 6.45) is 2.41. The maximum Gasteiger partial charge on any atom is 0.225 e. The van der Waals surface area contributed by atoms with E-state index in [2.05, 4.69) is 20.3 Å². The SMILES string of the molecule is Cc1nc(CCNc2nccc(Oc3ccc(F)cc3)n2)cs1. The lowest BCUT2D eigenvalue weighted by molar-refractivity contribution is 0.460. The summed E-state index contributed by atoms with van der Waals surface area (Å²) in [5, 5.41) is 6.25. The van der Waals surface area contributed by atoms with Gasteiger partial charge < -0.3 is 10.1 Å². The van der Waals surface area contributed by atoms with Crippen LogP contribution >= 0.6 is 11.3 Å². The van der Waals surface area contributed by atoms with Gasteiger partial charge >= 0.3 is 0 Å². The molecule has 0 aliphatic carbocycles. The average molecular weight is 330 g/mol. The number of ether oxygens (including phenoxy) is 1. The summed E-state index contributed by atoms with van der Waals surface area (Å²) in [6, 6.07) is 7.43. The Labute approximate surface area is 137 Å². The van der Waals surface area contributed by atoms with E-state index in [0.717, 1.165) is 17.1 Å². The molecule has 1 aromatic carbocycles. The summed E-state index contributed by atoms with van der Waals surface area (Å²) >= 11 is 1.64. The van der Waals surface area contributed by atoms with Crippen LogP contribution in [0, 0.1) is 12.7 Å². The Morgan fingerprint density at radius 1 is 1.17 bits per heavy atom. The van der Waals surface area contributed by atoms with E-state index in [1.165, 1.54) is 12.1 Å². The Bertz CT molecular complexity index is 776. The second-order valence-corrected chi connectivity index (χ2v) is 5.87. The maximum absolute atomic E-state index is 12.9. The minimum Gasteiger partial charge on any atom is -0.439 e. The van der Waals surface area contributed by atoms with Crippen molar-refractivity contribution in [1.82, 2.24) is 15.0 Å². The quantitative estimate of drug-likeness (QED) is 0.744. The number of nitrogens with zero attached hydrogens (tertiary/aromatic N) is 3. The standard InChI is InChI=1S/C16H15FN4OS/c1-11-20-13(10-23-11)6-8-18-16-19-9-7-15(21-16)22-14-4-2-12(17)3-5-14/h2-5,7,9-10H,6,8H2,1H3,(H,18,19,21). The van der Waals surface area contributed by atoms with E-state index in [1.807, 2.05) is 12.3 Å². The van der Waals surface area contributed by atoms with E-state index in [9.17, 15) is 4.39 Å². The molecule has 0 radical (unpaired) electrons. The maximum atomic E-state index is 12.9. The average Bonchev–Trinajstić information content (AvgIpc) is 2.96. The molecule has 23 heavy (non-hydrogen) atoms. The molecular weight excluding hydrogens is 315 g/mol. The van der Waals surface area contributed by atoms with Crippen molar-refractivity contribution in [3.63, 3.8) is 0 Å². The van der Waals surface area contributed by atoms with Crippen LogP contribution in [0.15, 0.2) is 41.9 Å². The fourth-order valence-corrected chi connectivity index (χ4v) is 2.58. The van der Waals surface area contributed by atoms with Gasteiger partial charge in [0.05, 0.1) is 10.7 Å². The van der Waals surface area contributed by atoms with Crippen molar-refractivity contribution in [2.24, 2.45) is 0 Å². The van der Waals surface area contributed by atoms with Crippen molar-refractivity contribution < 1.29 is 9.13 Å². The molecule has 3 rings (SSSR count). The fourth-order valence-electron chi connectivity index (χ4n) is 1.93. The Morgan fingerprint density at radius 2 is 2.00 bits per heavy atom. The van der Waals surface area contributed by atoms with E-state index < -0.39 is 0 Å². The summed E-state index contributed by atoms with van der Waals surface area (Å²) in [7, 11) is 0. The minimum atomic E-state index is -0.306. The van der Waals surface area contributed by atoms with Crippen molar-refractivity contribution >= 4 is 17.3 Å². The van der Waals surface area contributed by atoms with Gasteiger partial charge in [0, 0.05) is 30.6 Å². The summed E-state index contributed by atoms with van der Waals surface area (Å²) in [5.74, 6) is 1.10. The lowest BCUT2D eigenvalue weighted by Gasteiger charge is -2.07. The van der Waals surface area contributed by atoms with Crippen LogP contribution in [-0.2, 0) is 6.42 Å². The third-order valence-electron chi connectivity index (χ3n) is 3.00. The number of aromatic nitrogens is 3. The first-order chi connectivity index (χ1) is 11.2. The molecule has 0 saturated heterocycles. The molecule has 0 atom stereocenters. The van der Waals surface area contributed by atoms with Crippen molar-refractivity contribution in [3.05, 3.63) is 58.4 Å². The molecule has 0 aliphatic rings. The second-order valence-electron chi connectivity index (χ2n) is 4.81. The van der Waals surface area contributed by atoms with Gasteiger partial charge in [0.25, 0.3) is 0 Å². The van der Waals surface area contributed by atoms with Gasteiger partial charge in [0.2, 0.25) is 11.8 Å². The van der Waals surface area contributed by atoms with Crippen LogP contribution < -0.4 is 10.1 Å². The van der Waals surface area contributed by atoms with Crippen LogP contribution in [0.4, 0.5) is 10.3 Å². The molecular formula is C16H15FN4OS. The molecule has 5 nitrogen and oxygen atoms in total. The van der Waals surface area contributed by atoms with Crippen molar-refractivity contribution in [1.29, 1.82) is 0 Å². The minimum absolute atomic E-state index is 0.306. The monoisotopic (exact) mass is 330 g/mol. The molecule has 0 aliphatic heterocycles. The van der Waals surface area contributed by atoms with Crippen molar-refractivity contribution in [3.8, 4) is 11.6 Å². The van der Waals surface area contributed by atoms with E-state index in [-0.39, 0.29) is 5.82 Å². The second kappa shape index (κ2) is 7.15. The first kappa shape index (κ1) is 15.4. The highest BCUT2D eigenvalue weighted by molar-refractivity contribution is 7.09. The predicted octanol–water partition coefficient (Wildman–Crippen LogP) is 3.83. The molecule has 2 heterocycles. The zero-order valence-corrected chi connectivity index (χ0v) is 13.3. The highest BCUT2D eigenvalue weighted by Crippen LogP contribution is 2.20.